The lowest BCUT2D eigenvalue weighted by atomic mass is 10.0. The van der Waals surface area contributed by atoms with Gasteiger partial charge in [0.05, 0.1) is 24.1 Å². The lowest BCUT2D eigenvalue weighted by Gasteiger charge is -2.18. The Morgan fingerprint density at radius 2 is 1.65 bits per heavy atom. The average Bonchev–Trinajstić information content (AvgIpc) is 3.00. The molecule has 156 valence electrons. The van der Waals surface area contributed by atoms with E-state index in [0.717, 1.165) is 4.90 Å². The van der Waals surface area contributed by atoms with Gasteiger partial charge in [0.1, 0.15) is 11.4 Å². The summed E-state index contributed by atoms with van der Waals surface area (Å²) in [6, 6.07) is 19.2. The third kappa shape index (κ3) is 3.78. The molecule has 0 bridgehead atoms. The molecule has 0 aliphatic carbocycles. The van der Waals surface area contributed by atoms with Gasteiger partial charge in [-0.1, -0.05) is 59.6 Å². The Hall–Kier alpha value is -3.28. The fourth-order valence-corrected chi connectivity index (χ4v) is 3.83. The molecule has 0 unspecified atom stereocenters. The van der Waals surface area contributed by atoms with Crippen molar-refractivity contribution in [3.05, 3.63) is 93.6 Å². The number of hydrogen-bond donors (Lipinski definition) is 1. The molecule has 1 N–H and O–H groups in total. The largest absolute Gasteiger partial charge is 0.495 e. The molecule has 31 heavy (non-hydrogen) atoms. The highest BCUT2D eigenvalue weighted by Crippen LogP contribution is 2.38. The van der Waals surface area contributed by atoms with Gasteiger partial charge in [0, 0.05) is 10.0 Å². The molecule has 0 spiro atoms. The predicted molar refractivity (Wildman–Crippen MR) is 124 cm³/mol. The minimum absolute atomic E-state index is 0.135. The van der Waals surface area contributed by atoms with Gasteiger partial charge in [0.25, 0.3) is 11.8 Å². The molecule has 0 atom stereocenters. The zero-order valence-electron chi connectivity index (χ0n) is 16.8. The van der Waals surface area contributed by atoms with Crippen LogP contribution < -0.4 is 15.0 Å². The van der Waals surface area contributed by atoms with E-state index in [9.17, 15) is 9.59 Å². The second-order valence-electron chi connectivity index (χ2n) is 6.92. The number of ether oxygens (including phenoxy) is 1. The van der Waals surface area contributed by atoms with Crippen molar-refractivity contribution in [2.75, 3.05) is 17.3 Å². The van der Waals surface area contributed by atoms with E-state index in [4.69, 9.17) is 27.9 Å². The monoisotopic (exact) mass is 452 g/mol. The van der Waals surface area contributed by atoms with E-state index in [-0.39, 0.29) is 11.3 Å². The Kier molecular flexibility index (Phi) is 5.72. The molecule has 7 heteroatoms. The first-order valence-electron chi connectivity index (χ1n) is 9.46. The first-order valence-corrected chi connectivity index (χ1v) is 10.2. The van der Waals surface area contributed by atoms with Crippen LogP contribution in [0.2, 0.25) is 10.0 Å². The molecule has 3 aromatic carbocycles. The van der Waals surface area contributed by atoms with E-state index in [1.165, 1.54) is 7.11 Å². The number of methoxy groups -OCH3 is 1. The van der Waals surface area contributed by atoms with Crippen molar-refractivity contribution in [3.63, 3.8) is 0 Å². The van der Waals surface area contributed by atoms with Gasteiger partial charge in [-0.25, -0.2) is 4.90 Å². The highest BCUT2D eigenvalue weighted by atomic mass is 35.5. The van der Waals surface area contributed by atoms with E-state index < -0.39 is 11.8 Å². The van der Waals surface area contributed by atoms with E-state index in [1.807, 2.05) is 18.2 Å². The number of halogens is 2. The third-order valence-corrected chi connectivity index (χ3v) is 5.69. The Labute approximate surface area is 189 Å². The summed E-state index contributed by atoms with van der Waals surface area (Å²) in [6.07, 6.45) is 0. The minimum atomic E-state index is -0.490. The number of amides is 2. The molecule has 1 aliphatic rings. The summed E-state index contributed by atoms with van der Waals surface area (Å²) in [5, 5.41) is 4.02. The van der Waals surface area contributed by atoms with Gasteiger partial charge < -0.3 is 10.1 Å². The molecular weight excluding hydrogens is 435 g/mol. The number of benzene rings is 3. The van der Waals surface area contributed by atoms with E-state index in [2.05, 4.69) is 5.32 Å². The van der Waals surface area contributed by atoms with Gasteiger partial charge in [-0.15, -0.1) is 0 Å². The fourth-order valence-electron chi connectivity index (χ4n) is 3.49. The molecule has 1 aliphatic heterocycles. The standard InChI is InChI=1S/C24H18Cl2N2O3/c1-14-17(26)9-6-10-19(14)28-23(29)21(15-7-4-3-5-8-15)22(24(28)30)27-18-13-16(25)11-12-20(18)31-2/h3-13,27H,1-2H3. The van der Waals surface area contributed by atoms with Gasteiger partial charge in [-0.05, 0) is 48.4 Å². The maximum absolute atomic E-state index is 13.5. The predicted octanol–water partition coefficient (Wildman–Crippen LogP) is 5.71. The van der Waals surface area contributed by atoms with Crippen molar-refractivity contribution >= 4 is 52.0 Å². The molecule has 3 aromatic rings. The lowest BCUT2D eigenvalue weighted by molar-refractivity contribution is -0.120. The maximum atomic E-state index is 13.5. The van der Waals surface area contributed by atoms with Crippen LogP contribution in [0.1, 0.15) is 11.1 Å². The zero-order valence-corrected chi connectivity index (χ0v) is 18.3. The number of rotatable bonds is 5. The summed E-state index contributed by atoms with van der Waals surface area (Å²) in [5.41, 5.74) is 2.56. The summed E-state index contributed by atoms with van der Waals surface area (Å²) in [4.78, 5) is 28.2. The first kappa shape index (κ1) is 21.0. The van der Waals surface area contributed by atoms with Crippen LogP contribution in [-0.4, -0.2) is 18.9 Å². The number of nitrogens with one attached hydrogen (secondary N) is 1. The number of anilines is 2. The molecule has 0 saturated heterocycles. The number of carbonyl (C=O) groups is 2. The van der Waals surface area contributed by atoms with Gasteiger partial charge in [0.15, 0.2) is 0 Å². The highest BCUT2D eigenvalue weighted by molar-refractivity contribution is 6.46. The topological polar surface area (TPSA) is 58.6 Å². The van der Waals surface area contributed by atoms with Crippen molar-refractivity contribution in [1.82, 2.24) is 0 Å². The Balaban J connectivity index is 1.87. The van der Waals surface area contributed by atoms with E-state index in [0.29, 0.717) is 38.3 Å². The number of imide groups is 1. The molecule has 5 nitrogen and oxygen atoms in total. The second kappa shape index (κ2) is 8.46. The van der Waals surface area contributed by atoms with Crippen LogP contribution in [0.15, 0.2) is 72.4 Å². The number of nitrogens with zero attached hydrogens (tertiary/aromatic N) is 1. The Morgan fingerprint density at radius 3 is 2.35 bits per heavy atom. The third-order valence-electron chi connectivity index (χ3n) is 5.05. The van der Waals surface area contributed by atoms with Crippen molar-refractivity contribution in [2.45, 2.75) is 6.92 Å². The maximum Gasteiger partial charge on any atom is 0.282 e. The van der Waals surface area contributed by atoms with E-state index >= 15 is 0 Å². The molecule has 4 rings (SSSR count). The normalized spacial score (nSPS) is 13.7. The Morgan fingerprint density at radius 1 is 0.903 bits per heavy atom. The van der Waals surface area contributed by atoms with Gasteiger partial charge in [0.2, 0.25) is 0 Å². The number of hydrogen-bond acceptors (Lipinski definition) is 4. The number of carbonyl (C=O) groups excluding carboxylic acids is 2. The lowest BCUT2D eigenvalue weighted by Crippen LogP contribution is -2.33. The van der Waals surface area contributed by atoms with E-state index in [1.54, 1.807) is 55.5 Å². The van der Waals surface area contributed by atoms with Gasteiger partial charge in [-0.2, -0.15) is 0 Å². The van der Waals surface area contributed by atoms with Crippen LogP contribution >= 0.6 is 23.2 Å². The summed E-state index contributed by atoms with van der Waals surface area (Å²) in [7, 11) is 1.52. The summed E-state index contributed by atoms with van der Waals surface area (Å²) >= 11 is 12.4. The fraction of sp³-hybridized carbons (Fsp3) is 0.0833. The van der Waals surface area contributed by atoms with Crippen molar-refractivity contribution in [1.29, 1.82) is 0 Å². The molecular formula is C24H18Cl2N2O3. The first-order chi connectivity index (χ1) is 14.9. The van der Waals surface area contributed by atoms with Crippen LogP contribution in [0, 0.1) is 6.92 Å². The summed E-state index contributed by atoms with van der Waals surface area (Å²) < 4.78 is 5.39. The van der Waals surface area contributed by atoms with Gasteiger partial charge in [-0.3, -0.25) is 9.59 Å². The van der Waals surface area contributed by atoms with Crippen molar-refractivity contribution in [2.24, 2.45) is 0 Å². The quantitative estimate of drug-likeness (QED) is 0.503. The van der Waals surface area contributed by atoms with Crippen LogP contribution in [0.3, 0.4) is 0 Å². The van der Waals surface area contributed by atoms with Crippen molar-refractivity contribution in [3.8, 4) is 5.75 Å². The Bertz CT molecular complexity index is 1220. The smallest absolute Gasteiger partial charge is 0.282 e. The van der Waals surface area contributed by atoms with Crippen LogP contribution in [-0.2, 0) is 9.59 Å². The molecule has 1 heterocycles. The van der Waals surface area contributed by atoms with Crippen LogP contribution in [0.5, 0.6) is 5.75 Å². The molecule has 0 radical (unpaired) electrons. The minimum Gasteiger partial charge on any atom is -0.495 e. The zero-order chi connectivity index (χ0) is 22.1. The van der Waals surface area contributed by atoms with Crippen LogP contribution in [0.25, 0.3) is 5.57 Å². The highest BCUT2D eigenvalue weighted by Gasteiger charge is 2.41. The average molecular weight is 453 g/mol. The molecule has 0 aromatic heterocycles. The molecule has 0 fully saturated rings. The summed E-state index contributed by atoms with van der Waals surface area (Å²) in [6.45, 7) is 1.77. The van der Waals surface area contributed by atoms with Crippen LogP contribution in [0.4, 0.5) is 11.4 Å². The summed E-state index contributed by atoms with van der Waals surface area (Å²) in [5.74, 6) is -0.441. The van der Waals surface area contributed by atoms with Crippen molar-refractivity contribution < 1.29 is 14.3 Å². The molecule has 2 amide bonds. The second-order valence-corrected chi connectivity index (χ2v) is 7.76. The molecule has 0 saturated carbocycles. The van der Waals surface area contributed by atoms with Gasteiger partial charge >= 0.3 is 0 Å². The SMILES string of the molecule is COc1ccc(Cl)cc1NC1=C(c2ccccc2)C(=O)N(c2cccc(Cl)c2C)C1=O.